The van der Waals surface area contributed by atoms with Gasteiger partial charge in [-0.05, 0) is 33.6 Å². The van der Waals surface area contributed by atoms with Crippen LogP contribution in [-0.2, 0) is 14.3 Å². The molecule has 3 nitrogen and oxygen atoms in total. The highest BCUT2D eigenvalue weighted by Crippen LogP contribution is 2.36. The molecule has 0 aromatic rings. The van der Waals surface area contributed by atoms with E-state index < -0.39 is 5.60 Å². The molecular weight excluding hydrogens is 256 g/mol. The van der Waals surface area contributed by atoms with E-state index in [1.54, 1.807) is 18.7 Å². The fraction of sp³-hybridized carbons (Fsp3) is 0.833. The molecule has 2 unspecified atom stereocenters. The van der Waals surface area contributed by atoms with E-state index in [0.29, 0.717) is 5.25 Å². The Labute approximate surface area is 111 Å². The van der Waals surface area contributed by atoms with E-state index in [1.165, 1.54) is 11.8 Å². The van der Waals surface area contributed by atoms with Gasteiger partial charge in [0.15, 0.2) is 5.12 Å². The minimum Gasteiger partial charge on any atom is -0.459 e. The highest BCUT2D eigenvalue weighted by molar-refractivity contribution is 8.14. The normalized spacial score (nSPS) is 24.7. The van der Waals surface area contributed by atoms with Crippen molar-refractivity contribution in [1.29, 1.82) is 0 Å². The molecular formula is C12H20O3S2. The molecule has 0 aliphatic carbocycles. The second-order valence-corrected chi connectivity index (χ2v) is 7.86. The van der Waals surface area contributed by atoms with Crippen LogP contribution in [0.5, 0.6) is 0 Å². The first kappa shape index (κ1) is 14.9. The third kappa shape index (κ3) is 5.82. The van der Waals surface area contributed by atoms with Crippen molar-refractivity contribution in [2.75, 3.05) is 5.75 Å². The van der Waals surface area contributed by atoms with Crippen molar-refractivity contribution in [1.82, 2.24) is 0 Å². The van der Waals surface area contributed by atoms with Crippen LogP contribution >= 0.6 is 23.5 Å². The molecule has 1 aliphatic heterocycles. The Balaban J connectivity index is 2.34. The van der Waals surface area contributed by atoms with E-state index in [2.05, 4.69) is 0 Å². The van der Waals surface area contributed by atoms with Gasteiger partial charge in [0.05, 0.1) is 0 Å². The van der Waals surface area contributed by atoms with Crippen LogP contribution in [0, 0.1) is 0 Å². The summed E-state index contributed by atoms with van der Waals surface area (Å²) >= 11 is 3.00. The molecule has 5 heteroatoms. The average Bonchev–Trinajstić information content (AvgIpc) is 2.60. The van der Waals surface area contributed by atoms with Crippen LogP contribution in [-0.4, -0.2) is 32.9 Å². The SMILES string of the molecule is CC(=O)SCC1CCC(C(=O)OC(C)(C)C)S1. The topological polar surface area (TPSA) is 43.4 Å². The van der Waals surface area contributed by atoms with Gasteiger partial charge in [-0.3, -0.25) is 9.59 Å². The number of carbonyl (C=O) groups excluding carboxylic acids is 2. The maximum Gasteiger partial charge on any atom is 0.319 e. The number of thioether (sulfide) groups is 2. The maximum absolute atomic E-state index is 11.8. The van der Waals surface area contributed by atoms with Crippen LogP contribution < -0.4 is 0 Å². The monoisotopic (exact) mass is 276 g/mol. The summed E-state index contributed by atoms with van der Waals surface area (Å²) in [6.07, 6.45) is 1.86. The zero-order valence-corrected chi connectivity index (χ0v) is 12.5. The third-order valence-electron chi connectivity index (χ3n) is 2.25. The van der Waals surface area contributed by atoms with Gasteiger partial charge in [0.25, 0.3) is 0 Å². The first-order valence-electron chi connectivity index (χ1n) is 5.79. The van der Waals surface area contributed by atoms with Crippen molar-refractivity contribution in [3.05, 3.63) is 0 Å². The Kier molecular flexibility index (Phi) is 5.38. The first-order valence-corrected chi connectivity index (χ1v) is 7.72. The predicted molar refractivity (Wildman–Crippen MR) is 73.4 cm³/mol. The molecule has 0 bridgehead atoms. The molecule has 0 aromatic heterocycles. The van der Waals surface area contributed by atoms with Gasteiger partial charge in [-0.15, -0.1) is 11.8 Å². The smallest absolute Gasteiger partial charge is 0.319 e. The summed E-state index contributed by atoms with van der Waals surface area (Å²) < 4.78 is 5.36. The number of carbonyl (C=O) groups is 2. The van der Waals surface area contributed by atoms with Crippen LogP contribution in [0.2, 0.25) is 0 Å². The van der Waals surface area contributed by atoms with Crippen molar-refractivity contribution in [2.45, 2.75) is 56.6 Å². The van der Waals surface area contributed by atoms with E-state index in [1.807, 2.05) is 20.8 Å². The second kappa shape index (κ2) is 6.14. The molecule has 0 radical (unpaired) electrons. The molecule has 98 valence electrons. The van der Waals surface area contributed by atoms with Gasteiger partial charge in [0.1, 0.15) is 10.9 Å². The van der Waals surface area contributed by atoms with Gasteiger partial charge in [-0.2, -0.15) is 0 Å². The third-order valence-corrected chi connectivity index (χ3v) is 4.98. The number of esters is 1. The van der Waals surface area contributed by atoms with E-state index in [4.69, 9.17) is 4.74 Å². The molecule has 0 aromatic carbocycles. The molecule has 1 saturated heterocycles. The second-order valence-electron chi connectivity index (χ2n) is 5.16. The molecule has 1 fully saturated rings. The molecule has 0 spiro atoms. The molecule has 2 atom stereocenters. The number of rotatable bonds is 3. The minimum absolute atomic E-state index is 0.0493. The lowest BCUT2D eigenvalue weighted by molar-refractivity contribution is -0.154. The fourth-order valence-corrected chi connectivity index (χ4v) is 3.85. The molecule has 1 aliphatic rings. The standard InChI is InChI=1S/C12H20O3S2/c1-8(13)16-7-9-5-6-10(17-9)11(14)15-12(2,3)4/h9-10H,5-7H2,1-4H3. The van der Waals surface area contributed by atoms with E-state index in [-0.39, 0.29) is 16.3 Å². The maximum atomic E-state index is 11.8. The van der Waals surface area contributed by atoms with Gasteiger partial charge >= 0.3 is 5.97 Å². The lowest BCUT2D eigenvalue weighted by atomic mass is 10.2. The average molecular weight is 276 g/mol. The summed E-state index contributed by atoms with van der Waals surface area (Å²) in [5.74, 6) is 0.692. The van der Waals surface area contributed by atoms with Crippen LogP contribution in [0.3, 0.4) is 0 Å². The first-order chi connectivity index (χ1) is 7.78. The van der Waals surface area contributed by atoms with E-state index in [0.717, 1.165) is 18.6 Å². The van der Waals surface area contributed by atoms with Crippen molar-refractivity contribution in [2.24, 2.45) is 0 Å². The lowest BCUT2D eigenvalue weighted by Gasteiger charge is -2.21. The van der Waals surface area contributed by atoms with Crippen LogP contribution in [0.4, 0.5) is 0 Å². The lowest BCUT2D eigenvalue weighted by Crippen LogP contribution is -2.29. The molecule has 0 amide bonds. The highest BCUT2D eigenvalue weighted by atomic mass is 32.2. The predicted octanol–water partition coefficient (Wildman–Crippen LogP) is 2.87. The van der Waals surface area contributed by atoms with Crippen molar-refractivity contribution < 1.29 is 14.3 Å². The van der Waals surface area contributed by atoms with Gasteiger partial charge in [-0.25, -0.2) is 0 Å². The Morgan fingerprint density at radius 2 is 2.00 bits per heavy atom. The summed E-state index contributed by atoms with van der Waals surface area (Å²) in [5.41, 5.74) is -0.413. The Bertz CT molecular complexity index is 297. The number of hydrogen-bond donors (Lipinski definition) is 0. The molecule has 0 saturated carbocycles. The zero-order valence-electron chi connectivity index (χ0n) is 10.8. The van der Waals surface area contributed by atoms with Crippen molar-refractivity contribution >= 4 is 34.6 Å². The number of ether oxygens (including phenoxy) is 1. The van der Waals surface area contributed by atoms with E-state index >= 15 is 0 Å². The van der Waals surface area contributed by atoms with Gasteiger partial charge < -0.3 is 4.74 Å². The summed E-state index contributed by atoms with van der Waals surface area (Å²) in [7, 11) is 0. The van der Waals surface area contributed by atoms with Gasteiger partial charge in [0, 0.05) is 17.9 Å². The van der Waals surface area contributed by atoms with Crippen molar-refractivity contribution in [3.8, 4) is 0 Å². The summed E-state index contributed by atoms with van der Waals surface area (Å²) in [4.78, 5) is 22.7. The minimum atomic E-state index is -0.413. The molecule has 1 heterocycles. The Hall–Kier alpha value is -0.160. The van der Waals surface area contributed by atoms with Gasteiger partial charge in [0.2, 0.25) is 0 Å². The van der Waals surface area contributed by atoms with Gasteiger partial charge in [-0.1, -0.05) is 11.8 Å². The fourth-order valence-electron chi connectivity index (χ4n) is 1.58. The molecule has 17 heavy (non-hydrogen) atoms. The number of hydrogen-bond acceptors (Lipinski definition) is 5. The Morgan fingerprint density at radius 1 is 1.35 bits per heavy atom. The summed E-state index contributed by atoms with van der Waals surface area (Å²) in [6.45, 7) is 7.23. The van der Waals surface area contributed by atoms with Crippen LogP contribution in [0.15, 0.2) is 0 Å². The largest absolute Gasteiger partial charge is 0.459 e. The van der Waals surface area contributed by atoms with Crippen LogP contribution in [0.1, 0.15) is 40.5 Å². The zero-order chi connectivity index (χ0) is 13.1. The van der Waals surface area contributed by atoms with E-state index in [9.17, 15) is 9.59 Å². The Morgan fingerprint density at radius 3 is 2.53 bits per heavy atom. The molecule has 1 rings (SSSR count). The quantitative estimate of drug-likeness (QED) is 0.742. The molecule has 0 N–H and O–H groups in total. The van der Waals surface area contributed by atoms with Crippen LogP contribution in [0.25, 0.3) is 0 Å². The summed E-state index contributed by atoms with van der Waals surface area (Å²) in [5, 5.41) is 0.500. The summed E-state index contributed by atoms with van der Waals surface area (Å²) in [6, 6.07) is 0. The van der Waals surface area contributed by atoms with Crippen molar-refractivity contribution in [3.63, 3.8) is 0 Å². The highest BCUT2D eigenvalue weighted by Gasteiger charge is 2.33.